The van der Waals surface area contributed by atoms with Crippen LogP contribution < -0.4 is 0 Å². The van der Waals surface area contributed by atoms with E-state index in [0.29, 0.717) is 6.42 Å². The van der Waals surface area contributed by atoms with Crippen molar-refractivity contribution >= 4 is 29.0 Å². The first-order valence-corrected chi connectivity index (χ1v) is 7.52. The van der Waals surface area contributed by atoms with Gasteiger partial charge in [-0.25, -0.2) is 14.8 Å². The Labute approximate surface area is 131 Å². The highest BCUT2D eigenvalue weighted by Crippen LogP contribution is 2.23. The summed E-state index contributed by atoms with van der Waals surface area (Å²) in [5, 5.41) is 11.9. The topological polar surface area (TPSA) is 78.9 Å². The first kappa shape index (κ1) is 14.2. The van der Waals surface area contributed by atoms with Crippen molar-refractivity contribution in [1.82, 2.24) is 15.0 Å². The van der Waals surface area contributed by atoms with Crippen LogP contribution in [-0.2, 0) is 6.42 Å². The molecule has 0 bridgehead atoms. The highest BCUT2D eigenvalue weighted by atomic mass is 32.1. The van der Waals surface area contributed by atoms with Gasteiger partial charge in [0, 0.05) is 30.4 Å². The third kappa shape index (κ3) is 3.29. The second kappa shape index (κ2) is 6.36. The van der Waals surface area contributed by atoms with Gasteiger partial charge in [0.2, 0.25) is 0 Å². The summed E-state index contributed by atoms with van der Waals surface area (Å²) in [5.74, 6) is -0.0899. The highest BCUT2D eigenvalue weighted by Gasteiger charge is 2.09. The third-order valence-corrected chi connectivity index (χ3v) is 3.94. The van der Waals surface area contributed by atoms with Gasteiger partial charge in [0.15, 0.2) is 0 Å². The van der Waals surface area contributed by atoms with Crippen molar-refractivity contribution in [3.63, 3.8) is 0 Å². The number of H-pyrrole nitrogens is 1. The molecule has 0 spiro atoms. The Kier molecular flexibility index (Phi) is 4.11. The summed E-state index contributed by atoms with van der Waals surface area (Å²) in [4.78, 5) is 22.7. The predicted molar refractivity (Wildman–Crippen MR) is 85.7 cm³/mol. The Morgan fingerprint density at radius 3 is 2.91 bits per heavy atom. The average Bonchev–Trinajstić information content (AvgIpc) is 3.20. The molecule has 3 aromatic rings. The van der Waals surface area contributed by atoms with E-state index in [0.717, 1.165) is 22.0 Å². The summed E-state index contributed by atoms with van der Waals surface area (Å²) >= 11 is 1.55. The number of aromatic nitrogens is 3. The number of allylic oxidation sites excluding steroid dienone is 1. The monoisotopic (exact) mass is 311 g/mol. The van der Waals surface area contributed by atoms with E-state index in [1.807, 2.05) is 17.5 Å². The molecular weight excluding hydrogens is 298 g/mol. The molecule has 2 heterocycles. The SMILES string of the molecule is O=C(O)c1cccc(C=C(Cc2ncc[nH]2)c2nccs2)c1. The fourth-order valence-electron chi connectivity index (χ4n) is 2.11. The number of hydrogen-bond donors (Lipinski definition) is 2. The summed E-state index contributed by atoms with van der Waals surface area (Å²) in [7, 11) is 0. The molecule has 2 N–H and O–H groups in total. The van der Waals surface area contributed by atoms with Gasteiger partial charge in [0.1, 0.15) is 10.8 Å². The molecule has 22 heavy (non-hydrogen) atoms. The first-order chi connectivity index (χ1) is 10.7. The zero-order chi connectivity index (χ0) is 15.4. The van der Waals surface area contributed by atoms with E-state index in [1.54, 1.807) is 48.1 Å². The van der Waals surface area contributed by atoms with Crippen molar-refractivity contribution in [3.05, 3.63) is 70.2 Å². The summed E-state index contributed by atoms with van der Waals surface area (Å²) in [6, 6.07) is 6.84. The summed E-state index contributed by atoms with van der Waals surface area (Å²) in [6.07, 6.45) is 7.80. The molecule has 2 aromatic heterocycles. The van der Waals surface area contributed by atoms with Crippen molar-refractivity contribution in [3.8, 4) is 0 Å². The van der Waals surface area contributed by atoms with Crippen molar-refractivity contribution in [1.29, 1.82) is 0 Å². The van der Waals surface area contributed by atoms with Gasteiger partial charge in [0.25, 0.3) is 0 Å². The number of hydrogen-bond acceptors (Lipinski definition) is 4. The van der Waals surface area contributed by atoms with Gasteiger partial charge >= 0.3 is 5.97 Å². The Morgan fingerprint density at radius 2 is 2.23 bits per heavy atom. The molecule has 0 unspecified atom stereocenters. The first-order valence-electron chi connectivity index (χ1n) is 6.64. The normalized spacial score (nSPS) is 11.5. The van der Waals surface area contributed by atoms with Crippen LogP contribution in [0.1, 0.15) is 26.8 Å². The molecular formula is C16H13N3O2S. The van der Waals surface area contributed by atoms with Crippen molar-refractivity contribution in [2.24, 2.45) is 0 Å². The summed E-state index contributed by atoms with van der Waals surface area (Å²) < 4.78 is 0. The van der Waals surface area contributed by atoms with Crippen molar-refractivity contribution in [2.75, 3.05) is 0 Å². The van der Waals surface area contributed by atoms with Gasteiger partial charge in [-0.1, -0.05) is 12.1 Å². The lowest BCUT2D eigenvalue weighted by Crippen LogP contribution is -1.96. The average molecular weight is 311 g/mol. The van der Waals surface area contributed by atoms with E-state index in [9.17, 15) is 4.79 Å². The Hall–Kier alpha value is -2.73. The smallest absolute Gasteiger partial charge is 0.335 e. The number of carbonyl (C=O) groups is 1. The van der Waals surface area contributed by atoms with E-state index in [-0.39, 0.29) is 5.56 Å². The number of aromatic amines is 1. The molecule has 0 aliphatic heterocycles. The van der Waals surface area contributed by atoms with Gasteiger partial charge in [-0.2, -0.15) is 0 Å². The van der Waals surface area contributed by atoms with E-state index < -0.39 is 5.97 Å². The molecule has 5 nitrogen and oxygen atoms in total. The molecule has 0 atom stereocenters. The van der Waals surface area contributed by atoms with Gasteiger partial charge in [-0.15, -0.1) is 11.3 Å². The molecule has 0 saturated heterocycles. The molecule has 0 aliphatic carbocycles. The number of carboxylic acid groups (broad SMARTS) is 1. The van der Waals surface area contributed by atoms with E-state index >= 15 is 0 Å². The second-order valence-corrected chi connectivity index (χ2v) is 5.54. The fourth-order valence-corrected chi connectivity index (χ4v) is 2.76. The number of thiazole rings is 1. The van der Waals surface area contributed by atoms with Crippen LogP contribution in [-0.4, -0.2) is 26.0 Å². The molecule has 3 rings (SSSR count). The van der Waals surface area contributed by atoms with Gasteiger partial charge < -0.3 is 10.1 Å². The number of nitrogens with one attached hydrogen (secondary N) is 1. The van der Waals surface area contributed by atoms with Crippen LogP contribution in [0.4, 0.5) is 0 Å². The van der Waals surface area contributed by atoms with Crippen LogP contribution in [0.15, 0.2) is 48.2 Å². The maximum atomic E-state index is 11.1. The minimum atomic E-state index is -0.933. The molecule has 6 heteroatoms. The molecule has 0 amide bonds. The van der Waals surface area contributed by atoms with Crippen LogP contribution in [0, 0.1) is 0 Å². The number of benzene rings is 1. The summed E-state index contributed by atoms with van der Waals surface area (Å²) in [5.41, 5.74) is 2.09. The largest absolute Gasteiger partial charge is 0.478 e. The van der Waals surface area contributed by atoms with Crippen LogP contribution in [0.5, 0.6) is 0 Å². The summed E-state index contributed by atoms with van der Waals surface area (Å²) in [6.45, 7) is 0. The van der Waals surface area contributed by atoms with E-state index in [2.05, 4.69) is 15.0 Å². The minimum absolute atomic E-state index is 0.269. The highest BCUT2D eigenvalue weighted by molar-refractivity contribution is 7.10. The van der Waals surface area contributed by atoms with E-state index in [4.69, 9.17) is 5.11 Å². The number of imidazole rings is 1. The quantitative estimate of drug-likeness (QED) is 0.757. The van der Waals surface area contributed by atoms with Gasteiger partial charge in [-0.05, 0) is 29.3 Å². The number of aromatic carboxylic acids is 1. The van der Waals surface area contributed by atoms with Crippen LogP contribution in [0.25, 0.3) is 11.6 Å². The maximum absolute atomic E-state index is 11.1. The minimum Gasteiger partial charge on any atom is -0.478 e. The van der Waals surface area contributed by atoms with Gasteiger partial charge in [-0.3, -0.25) is 0 Å². The number of rotatable bonds is 5. The lowest BCUT2D eigenvalue weighted by atomic mass is 10.1. The fraction of sp³-hybridized carbons (Fsp3) is 0.0625. The standard InChI is InChI=1S/C16H13N3O2S/c20-16(21)12-3-1-2-11(8-12)9-13(15-19-6-7-22-15)10-14-17-4-5-18-14/h1-9H,10H2,(H,17,18)(H,20,21). The maximum Gasteiger partial charge on any atom is 0.335 e. The van der Waals surface area contributed by atoms with E-state index in [1.165, 1.54) is 0 Å². The van der Waals surface area contributed by atoms with Crippen LogP contribution in [0.2, 0.25) is 0 Å². The van der Waals surface area contributed by atoms with Crippen molar-refractivity contribution < 1.29 is 9.90 Å². The lowest BCUT2D eigenvalue weighted by Gasteiger charge is -2.04. The van der Waals surface area contributed by atoms with Crippen LogP contribution in [0.3, 0.4) is 0 Å². The molecule has 0 fully saturated rings. The molecule has 1 aromatic carbocycles. The zero-order valence-electron chi connectivity index (χ0n) is 11.6. The Bertz CT molecular complexity index is 793. The van der Waals surface area contributed by atoms with Gasteiger partial charge in [0.05, 0.1) is 5.56 Å². The number of carboxylic acids is 1. The number of nitrogens with zero attached hydrogens (tertiary/aromatic N) is 2. The Morgan fingerprint density at radius 1 is 1.32 bits per heavy atom. The second-order valence-electron chi connectivity index (χ2n) is 4.65. The molecule has 0 aliphatic rings. The van der Waals surface area contributed by atoms with Crippen LogP contribution >= 0.6 is 11.3 Å². The Balaban J connectivity index is 1.98. The predicted octanol–water partition coefficient (Wildman–Crippen LogP) is 3.35. The zero-order valence-corrected chi connectivity index (χ0v) is 12.4. The molecule has 110 valence electrons. The lowest BCUT2D eigenvalue weighted by molar-refractivity contribution is 0.0697. The molecule has 0 saturated carbocycles. The third-order valence-electron chi connectivity index (χ3n) is 3.09. The molecule has 0 radical (unpaired) electrons. The van der Waals surface area contributed by atoms with Crippen molar-refractivity contribution in [2.45, 2.75) is 6.42 Å².